The van der Waals surface area contributed by atoms with Crippen LogP contribution >= 0.6 is 11.6 Å². The van der Waals surface area contributed by atoms with Gasteiger partial charge in [-0.15, -0.1) is 11.6 Å². The Morgan fingerprint density at radius 1 is 1.14 bits per heavy atom. The third-order valence-corrected chi connectivity index (χ3v) is 3.84. The minimum Gasteiger partial charge on any atom is -0.320 e. The van der Waals surface area contributed by atoms with Gasteiger partial charge in [0.1, 0.15) is 17.2 Å². The molecule has 21 heavy (non-hydrogen) atoms. The van der Waals surface area contributed by atoms with E-state index in [0.717, 1.165) is 5.56 Å². The molecule has 0 aliphatic heterocycles. The molecule has 0 spiro atoms. The molecule has 0 saturated heterocycles. The second-order valence-corrected chi connectivity index (χ2v) is 5.13. The summed E-state index contributed by atoms with van der Waals surface area (Å²) >= 11 is 5.95. The predicted octanol–water partition coefficient (Wildman–Crippen LogP) is 4.66. The molecule has 0 aliphatic rings. The molecule has 0 fully saturated rings. The van der Waals surface area contributed by atoms with Crippen LogP contribution in [-0.2, 0) is 5.88 Å². The molecule has 1 unspecified atom stereocenters. The van der Waals surface area contributed by atoms with Crippen molar-refractivity contribution in [3.05, 3.63) is 65.5 Å². The van der Waals surface area contributed by atoms with Crippen molar-refractivity contribution in [1.82, 2.24) is 9.55 Å². The average Bonchev–Trinajstić information content (AvgIpc) is 2.87. The van der Waals surface area contributed by atoms with Crippen LogP contribution < -0.4 is 0 Å². The second kappa shape index (κ2) is 5.45. The number of hydrogen-bond donors (Lipinski definition) is 0. The monoisotopic (exact) mass is 306 g/mol. The van der Waals surface area contributed by atoms with E-state index in [1.165, 1.54) is 18.2 Å². The van der Waals surface area contributed by atoms with Gasteiger partial charge in [0.05, 0.1) is 17.4 Å². The lowest BCUT2D eigenvalue weighted by Gasteiger charge is -2.17. The zero-order valence-corrected chi connectivity index (χ0v) is 12.1. The number of aromatic nitrogens is 2. The van der Waals surface area contributed by atoms with E-state index in [-0.39, 0.29) is 23.6 Å². The van der Waals surface area contributed by atoms with Gasteiger partial charge in [-0.05, 0) is 36.8 Å². The van der Waals surface area contributed by atoms with Gasteiger partial charge < -0.3 is 4.57 Å². The first-order chi connectivity index (χ1) is 10.1. The number of alkyl halides is 1. The van der Waals surface area contributed by atoms with E-state index in [1.807, 2.05) is 17.6 Å². The lowest BCUT2D eigenvalue weighted by molar-refractivity contribution is 0.614. The van der Waals surface area contributed by atoms with Crippen LogP contribution in [0, 0.1) is 11.6 Å². The van der Waals surface area contributed by atoms with Gasteiger partial charge in [0.25, 0.3) is 0 Å². The molecule has 0 bridgehead atoms. The van der Waals surface area contributed by atoms with Crippen LogP contribution in [0.4, 0.5) is 8.78 Å². The van der Waals surface area contributed by atoms with Crippen LogP contribution in [0.15, 0.2) is 42.5 Å². The lowest BCUT2D eigenvalue weighted by atomic mass is 10.1. The molecule has 1 aromatic heterocycles. The molecule has 0 aliphatic carbocycles. The van der Waals surface area contributed by atoms with Crippen molar-refractivity contribution < 1.29 is 8.78 Å². The summed E-state index contributed by atoms with van der Waals surface area (Å²) in [6, 6.07) is 10.9. The number of halogens is 3. The number of imidazole rings is 1. The van der Waals surface area contributed by atoms with E-state index in [0.29, 0.717) is 16.9 Å². The Morgan fingerprint density at radius 2 is 1.86 bits per heavy atom. The van der Waals surface area contributed by atoms with Crippen molar-refractivity contribution in [2.75, 3.05) is 0 Å². The molecule has 2 nitrogen and oxygen atoms in total. The Bertz CT molecular complexity index is 781. The molecule has 2 aromatic carbocycles. The number of hydrogen-bond acceptors (Lipinski definition) is 1. The highest BCUT2D eigenvalue weighted by molar-refractivity contribution is 6.16. The highest BCUT2D eigenvalue weighted by Crippen LogP contribution is 2.28. The number of nitrogens with zero attached hydrogens (tertiary/aromatic N) is 2. The van der Waals surface area contributed by atoms with Gasteiger partial charge in [0, 0.05) is 0 Å². The Kier molecular flexibility index (Phi) is 3.64. The van der Waals surface area contributed by atoms with Gasteiger partial charge in [-0.25, -0.2) is 13.8 Å². The molecular weight excluding hydrogens is 294 g/mol. The summed E-state index contributed by atoms with van der Waals surface area (Å²) in [6.07, 6.45) is 0. The minimum absolute atomic E-state index is 0.119. The molecule has 5 heteroatoms. The molecule has 0 amide bonds. The largest absolute Gasteiger partial charge is 0.320 e. The van der Waals surface area contributed by atoms with Crippen molar-refractivity contribution in [2.24, 2.45) is 0 Å². The van der Waals surface area contributed by atoms with Crippen molar-refractivity contribution in [3.63, 3.8) is 0 Å². The molecule has 108 valence electrons. The van der Waals surface area contributed by atoms with Crippen molar-refractivity contribution in [1.29, 1.82) is 0 Å². The Labute approximate surface area is 126 Å². The van der Waals surface area contributed by atoms with E-state index in [4.69, 9.17) is 11.6 Å². The predicted molar refractivity (Wildman–Crippen MR) is 79.5 cm³/mol. The van der Waals surface area contributed by atoms with Gasteiger partial charge in [-0.1, -0.05) is 18.2 Å². The zero-order chi connectivity index (χ0) is 15.0. The summed E-state index contributed by atoms with van der Waals surface area (Å²) in [5.74, 6) is 0.113. The van der Waals surface area contributed by atoms with Crippen molar-refractivity contribution in [2.45, 2.75) is 18.8 Å². The Balaban J connectivity index is 2.18. The summed E-state index contributed by atoms with van der Waals surface area (Å²) in [6.45, 7) is 1.95. The third kappa shape index (κ3) is 2.40. The first-order valence-electron chi connectivity index (χ1n) is 6.58. The normalized spacial score (nSPS) is 12.8. The maximum absolute atomic E-state index is 13.9. The molecular formula is C16H13ClF2N2. The summed E-state index contributed by atoms with van der Waals surface area (Å²) in [5, 5.41) is 0. The first kappa shape index (κ1) is 14.0. The van der Waals surface area contributed by atoms with E-state index >= 15 is 0 Å². The average molecular weight is 307 g/mol. The summed E-state index contributed by atoms with van der Waals surface area (Å²) in [7, 11) is 0. The van der Waals surface area contributed by atoms with Crippen LogP contribution in [0.1, 0.15) is 24.4 Å². The van der Waals surface area contributed by atoms with E-state index in [2.05, 4.69) is 4.98 Å². The van der Waals surface area contributed by atoms with Gasteiger partial charge in [0.15, 0.2) is 5.82 Å². The molecule has 1 atom stereocenters. The number of benzene rings is 2. The van der Waals surface area contributed by atoms with E-state index in [1.54, 1.807) is 18.2 Å². The van der Waals surface area contributed by atoms with Crippen molar-refractivity contribution >= 4 is 22.6 Å². The molecule has 3 aromatic rings. The highest BCUT2D eigenvalue weighted by atomic mass is 35.5. The third-order valence-electron chi connectivity index (χ3n) is 3.60. The smallest absolute Gasteiger partial charge is 0.151 e. The maximum Gasteiger partial charge on any atom is 0.151 e. The minimum atomic E-state index is -0.371. The fourth-order valence-electron chi connectivity index (χ4n) is 2.55. The summed E-state index contributed by atoms with van der Waals surface area (Å²) in [5.41, 5.74) is 1.90. The van der Waals surface area contributed by atoms with Crippen LogP contribution in [0.5, 0.6) is 0 Å². The number of para-hydroxylation sites is 1. The second-order valence-electron chi connectivity index (χ2n) is 4.87. The van der Waals surface area contributed by atoms with Crippen LogP contribution in [0.3, 0.4) is 0 Å². The Hall–Kier alpha value is -1.94. The fourth-order valence-corrected chi connectivity index (χ4v) is 2.74. The SMILES string of the molecule is CC(c1ccc(F)cc1)n1c(CCl)nc2c(F)cccc21. The van der Waals surface area contributed by atoms with Gasteiger partial charge in [0.2, 0.25) is 0 Å². The first-order valence-corrected chi connectivity index (χ1v) is 7.12. The van der Waals surface area contributed by atoms with E-state index in [9.17, 15) is 8.78 Å². The number of rotatable bonds is 3. The highest BCUT2D eigenvalue weighted by Gasteiger charge is 2.18. The molecule has 0 radical (unpaired) electrons. The van der Waals surface area contributed by atoms with E-state index < -0.39 is 0 Å². The molecule has 1 heterocycles. The maximum atomic E-state index is 13.9. The quantitative estimate of drug-likeness (QED) is 0.643. The van der Waals surface area contributed by atoms with Gasteiger partial charge >= 0.3 is 0 Å². The van der Waals surface area contributed by atoms with Crippen LogP contribution in [0.25, 0.3) is 11.0 Å². The standard InChI is InChI=1S/C16H13ClF2N2/c1-10(11-5-7-12(18)8-6-11)21-14-4-2-3-13(19)16(14)20-15(21)9-17/h2-8,10H,9H2,1H3. The summed E-state index contributed by atoms with van der Waals surface area (Å²) < 4.78 is 28.8. The van der Waals surface area contributed by atoms with Crippen LogP contribution in [-0.4, -0.2) is 9.55 Å². The topological polar surface area (TPSA) is 17.8 Å². The lowest BCUT2D eigenvalue weighted by Crippen LogP contribution is -2.10. The van der Waals surface area contributed by atoms with Crippen molar-refractivity contribution in [3.8, 4) is 0 Å². The van der Waals surface area contributed by atoms with Gasteiger partial charge in [-0.2, -0.15) is 0 Å². The number of fused-ring (bicyclic) bond motifs is 1. The van der Waals surface area contributed by atoms with Crippen LogP contribution in [0.2, 0.25) is 0 Å². The molecule has 3 rings (SSSR count). The summed E-state index contributed by atoms with van der Waals surface area (Å²) in [4.78, 5) is 4.28. The zero-order valence-electron chi connectivity index (χ0n) is 11.4. The Morgan fingerprint density at radius 3 is 2.52 bits per heavy atom. The van der Waals surface area contributed by atoms with Gasteiger partial charge in [-0.3, -0.25) is 0 Å². The fraction of sp³-hybridized carbons (Fsp3) is 0.188. The molecule has 0 saturated carbocycles. The molecule has 0 N–H and O–H groups in total.